The molecular formula is C20H17NO6S2. The summed E-state index contributed by atoms with van der Waals surface area (Å²) in [5, 5.41) is 3.46. The molecule has 9 heteroatoms. The molecule has 0 amide bonds. The highest BCUT2D eigenvalue weighted by Gasteiger charge is 2.25. The van der Waals surface area contributed by atoms with Gasteiger partial charge in [0.15, 0.2) is 0 Å². The number of thiophene rings is 1. The molecule has 0 aliphatic carbocycles. The lowest BCUT2D eigenvalue weighted by atomic mass is 10.0. The SMILES string of the molecule is COCc1oc2c(cc(NS(=O)(=O)c3cccs3)c3ccccc32)c1C(=O)OC. The Morgan fingerprint density at radius 2 is 1.86 bits per heavy atom. The van der Waals surface area contributed by atoms with E-state index in [4.69, 9.17) is 13.9 Å². The fourth-order valence-corrected chi connectivity index (χ4v) is 5.29. The molecule has 2 aromatic carbocycles. The zero-order valence-electron chi connectivity index (χ0n) is 15.6. The second kappa shape index (κ2) is 7.51. The van der Waals surface area contributed by atoms with Crippen molar-refractivity contribution in [3.63, 3.8) is 0 Å². The van der Waals surface area contributed by atoms with E-state index in [-0.39, 0.29) is 16.4 Å². The summed E-state index contributed by atoms with van der Waals surface area (Å²) in [5.41, 5.74) is 1.02. The van der Waals surface area contributed by atoms with E-state index < -0.39 is 16.0 Å². The third-order valence-electron chi connectivity index (χ3n) is 4.44. The quantitative estimate of drug-likeness (QED) is 0.455. The molecular weight excluding hydrogens is 414 g/mol. The summed E-state index contributed by atoms with van der Waals surface area (Å²) < 4.78 is 44.4. The van der Waals surface area contributed by atoms with E-state index in [1.165, 1.54) is 20.3 Å². The number of anilines is 1. The monoisotopic (exact) mass is 431 g/mol. The predicted molar refractivity (Wildman–Crippen MR) is 111 cm³/mol. The van der Waals surface area contributed by atoms with Crippen molar-refractivity contribution in [2.24, 2.45) is 0 Å². The van der Waals surface area contributed by atoms with Crippen LogP contribution in [0.1, 0.15) is 16.1 Å². The molecule has 0 unspecified atom stereocenters. The van der Waals surface area contributed by atoms with Crippen molar-refractivity contribution in [1.29, 1.82) is 0 Å². The van der Waals surface area contributed by atoms with Gasteiger partial charge in [-0.05, 0) is 17.5 Å². The lowest BCUT2D eigenvalue weighted by Gasteiger charge is -2.10. The van der Waals surface area contributed by atoms with E-state index in [1.807, 2.05) is 12.1 Å². The van der Waals surface area contributed by atoms with E-state index in [0.717, 1.165) is 11.3 Å². The van der Waals surface area contributed by atoms with Crippen molar-refractivity contribution in [2.75, 3.05) is 18.9 Å². The van der Waals surface area contributed by atoms with Crippen LogP contribution < -0.4 is 4.72 Å². The Hall–Kier alpha value is -2.88. The summed E-state index contributed by atoms with van der Waals surface area (Å²) in [7, 11) is -1.01. The lowest BCUT2D eigenvalue weighted by molar-refractivity contribution is 0.0594. The number of sulfonamides is 1. The number of ether oxygens (including phenoxy) is 2. The molecule has 4 rings (SSSR count). The van der Waals surface area contributed by atoms with Crippen LogP contribution in [0.25, 0.3) is 21.7 Å². The van der Waals surface area contributed by atoms with Crippen molar-refractivity contribution in [3.8, 4) is 0 Å². The second-order valence-corrected chi connectivity index (χ2v) is 9.07. The van der Waals surface area contributed by atoms with Gasteiger partial charge >= 0.3 is 5.97 Å². The minimum absolute atomic E-state index is 0.0731. The van der Waals surface area contributed by atoms with E-state index in [0.29, 0.717) is 33.2 Å². The van der Waals surface area contributed by atoms with Crippen LogP contribution in [0.4, 0.5) is 5.69 Å². The van der Waals surface area contributed by atoms with Crippen LogP contribution in [0.3, 0.4) is 0 Å². The van der Waals surface area contributed by atoms with Crippen molar-refractivity contribution in [3.05, 3.63) is 59.2 Å². The average Bonchev–Trinajstić information content (AvgIpc) is 3.36. The Bertz CT molecular complexity index is 1310. The summed E-state index contributed by atoms with van der Waals surface area (Å²) in [6.45, 7) is 0.0731. The Balaban J connectivity index is 2.00. The second-order valence-electron chi connectivity index (χ2n) is 6.21. The van der Waals surface area contributed by atoms with Gasteiger partial charge in [0.2, 0.25) is 0 Å². The first-order valence-corrected chi connectivity index (χ1v) is 10.9. The number of benzene rings is 2. The maximum absolute atomic E-state index is 12.8. The van der Waals surface area contributed by atoms with Crippen molar-refractivity contribution >= 4 is 54.8 Å². The highest BCUT2D eigenvalue weighted by atomic mass is 32.2. The van der Waals surface area contributed by atoms with E-state index in [9.17, 15) is 13.2 Å². The van der Waals surface area contributed by atoms with Gasteiger partial charge in [-0.3, -0.25) is 4.72 Å². The minimum Gasteiger partial charge on any atom is -0.465 e. The molecule has 7 nitrogen and oxygen atoms in total. The lowest BCUT2D eigenvalue weighted by Crippen LogP contribution is -2.12. The molecule has 150 valence electrons. The largest absolute Gasteiger partial charge is 0.465 e. The summed E-state index contributed by atoms with van der Waals surface area (Å²) in [4.78, 5) is 12.4. The number of methoxy groups -OCH3 is 2. The number of carbonyl (C=O) groups excluding carboxylic acids is 1. The zero-order chi connectivity index (χ0) is 20.6. The maximum Gasteiger partial charge on any atom is 0.342 e. The number of fused-ring (bicyclic) bond motifs is 3. The van der Waals surface area contributed by atoms with Gasteiger partial charge in [0.05, 0.1) is 12.8 Å². The maximum atomic E-state index is 12.8. The summed E-state index contributed by atoms with van der Waals surface area (Å²) in [6, 6.07) is 12.0. The normalized spacial score (nSPS) is 11.8. The number of nitrogens with one attached hydrogen (secondary N) is 1. The number of hydrogen-bond donors (Lipinski definition) is 1. The Labute approximate surface area is 170 Å². The Morgan fingerprint density at radius 1 is 1.10 bits per heavy atom. The van der Waals surface area contributed by atoms with Gasteiger partial charge in [-0.15, -0.1) is 11.3 Å². The van der Waals surface area contributed by atoms with Crippen molar-refractivity contribution < 1.29 is 27.1 Å². The number of carbonyl (C=O) groups is 1. The molecule has 0 radical (unpaired) electrons. The van der Waals surface area contributed by atoms with Gasteiger partial charge in [0, 0.05) is 23.3 Å². The molecule has 0 bridgehead atoms. The smallest absolute Gasteiger partial charge is 0.342 e. The molecule has 0 atom stereocenters. The topological polar surface area (TPSA) is 94.8 Å². The van der Waals surface area contributed by atoms with E-state index in [2.05, 4.69) is 4.72 Å². The van der Waals surface area contributed by atoms with Crippen LogP contribution in [0.2, 0.25) is 0 Å². The van der Waals surface area contributed by atoms with Crippen molar-refractivity contribution in [1.82, 2.24) is 0 Å². The number of hydrogen-bond acceptors (Lipinski definition) is 7. The predicted octanol–water partition coefficient (Wildman–Crippen LogP) is 4.38. The van der Waals surface area contributed by atoms with Gasteiger partial charge < -0.3 is 13.9 Å². The minimum atomic E-state index is -3.78. The molecule has 1 N–H and O–H groups in total. The van der Waals surface area contributed by atoms with Gasteiger partial charge in [-0.1, -0.05) is 30.3 Å². The summed E-state index contributed by atoms with van der Waals surface area (Å²) in [5.74, 6) is -0.268. The van der Waals surface area contributed by atoms with E-state index in [1.54, 1.807) is 29.6 Å². The molecule has 0 fully saturated rings. The average molecular weight is 431 g/mol. The van der Waals surface area contributed by atoms with Gasteiger partial charge in [-0.25, -0.2) is 13.2 Å². The van der Waals surface area contributed by atoms with Crippen LogP contribution in [0, 0.1) is 0 Å². The van der Waals surface area contributed by atoms with Crippen molar-refractivity contribution in [2.45, 2.75) is 10.8 Å². The molecule has 4 aromatic rings. The molecule has 29 heavy (non-hydrogen) atoms. The first kappa shape index (κ1) is 19.4. The fourth-order valence-electron chi connectivity index (χ4n) is 3.22. The molecule has 0 saturated heterocycles. The first-order valence-electron chi connectivity index (χ1n) is 8.57. The highest BCUT2D eigenvalue weighted by molar-refractivity contribution is 7.94. The third kappa shape index (κ3) is 3.37. The van der Waals surface area contributed by atoms with Crippen LogP contribution in [0.15, 0.2) is 56.5 Å². The fraction of sp³-hybridized carbons (Fsp3) is 0.150. The molecule has 0 saturated carbocycles. The van der Waals surface area contributed by atoms with Crippen LogP contribution in [-0.2, 0) is 26.1 Å². The van der Waals surface area contributed by atoms with Gasteiger partial charge in [-0.2, -0.15) is 0 Å². The molecule has 0 aliphatic rings. The summed E-state index contributed by atoms with van der Waals surface area (Å²) >= 11 is 1.12. The van der Waals surface area contributed by atoms with Gasteiger partial charge in [0.1, 0.15) is 27.7 Å². The number of esters is 1. The van der Waals surface area contributed by atoms with Crippen LogP contribution in [-0.4, -0.2) is 28.6 Å². The van der Waals surface area contributed by atoms with E-state index >= 15 is 0 Å². The third-order valence-corrected chi connectivity index (χ3v) is 7.20. The number of furan rings is 1. The number of rotatable bonds is 6. The van der Waals surface area contributed by atoms with Gasteiger partial charge in [0.25, 0.3) is 10.0 Å². The standard InChI is InChI=1S/C20H17NO6S2/c1-25-11-16-18(20(22)26-2)14-10-15(21-29(23,24)17-8-5-9-28-17)12-6-3-4-7-13(12)19(14)27-16/h3-10,21H,11H2,1-2H3. The molecule has 0 aliphatic heterocycles. The highest BCUT2D eigenvalue weighted by Crippen LogP contribution is 2.38. The molecule has 2 heterocycles. The summed E-state index contributed by atoms with van der Waals surface area (Å²) in [6.07, 6.45) is 0. The Morgan fingerprint density at radius 3 is 2.52 bits per heavy atom. The van der Waals surface area contributed by atoms with Crippen LogP contribution >= 0.6 is 11.3 Å². The molecule has 2 aromatic heterocycles. The molecule has 0 spiro atoms. The van der Waals surface area contributed by atoms with Crippen LogP contribution in [0.5, 0.6) is 0 Å². The first-order chi connectivity index (χ1) is 14.0. The zero-order valence-corrected chi connectivity index (χ0v) is 17.2. The Kier molecular flexibility index (Phi) is 5.03.